The van der Waals surface area contributed by atoms with E-state index in [0.29, 0.717) is 10.7 Å². The minimum atomic E-state index is -0.192. The van der Waals surface area contributed by atoms with Gasteiger partial charge in [0.2, 0.25) is 0 Å². The number of aromatic amines is 1. The van der Waals surface area contributed by atoms with Gasteiger partial charge in [0, 0.05) is 22.7 Å². The van der Waals surface area contributed by atoms with Crippen LogP contribution in [0.1, 0.15) is 11.1 Å². The van der Waals surface area contributed by atoms with E-state index in [0.717, 1.165) is 10.5 Å². The van der Waals surface area contributed by atoms with Crippen molar-refractivity contribution < 1.29 is 5.21 Å². The lowest BCUT2D eigenvalue weighted by atomic mass is 10.1. The average Bonchev–Trinajstić information content (AvgIpc) is 2.38. The van der Waals surface area contributed by atoms with Crippen molar-refractivity contribution >= 4 is 17.6 Å². The first-order valence-corrected chi connectivity index (χ1v) is 6.23. The van der Waals surface area contributed by atoms with Crippen molar-refractivity contribution in [2.24, 2.45) is 10.9 Å². The molecule has 0 fully saturated rings. The Labute approximate surface area is 113 Å². The smallest absolute Gasteiger partial charge is 0.251 e. The molecule has 0 aliphatic heterocycles. The first-order valence-electron chi connectivity index (χ1n) is 5.42. The normalized spacial score (nSPS) is 11.5. The van der Waals surface area contributed by atoms with Crippen LogP contribution in [0.5, 0.6) is 0 Å². The number of aromatic nitrogens is 2. The second-order valence-electron chi connectivity index (χ2n) is 3.80. The van der Waals surface area contributed by atoms with E-state index in [1.165, 1.54) is 24.0 Å². The van der Waals surface area contributed by atoms with E-state index in [1.54, 1.807) is 6.07 Å². The van der Waals surface area contributed by atoms with Crippen molar-refractivity contribution in [1.29, 1.82) is 0 Å². The van der Waals surface area contributed by atoms with Gasteiger partial charge in [-0.15, -0.1) is 0 Å². The second-order valence-corrected chi connectivity index (χ2v) is 4.87. The molecule has 0 saturated carbocycles. The Morgan fingerprint density at radius 3 is 2.89 bits per heavy atom. The summed E-state index contributed by atoms with van der Waals surface area (Å²) >= 11 is 1.33. The third-order valence-corrected chi connectivity index (χ3v) is 3.33. The minimum absolute atomic E-state index is 0.0697. The van der Waals surface area contributed by atoms with Gasteiger partial charge >= 0.3 is 0 Å². The summed E-state index contributed by atoms with van der Waals surface area (Å²) in [5.74, 6) is 0.0697. The summed E-state index contributed by atoms with van der Waals surface area (Å²) in [6.07, 6.45) is 1.46. The van der Waals surface area contributed by atoms with E-state index in [2.05, 4.69) is 15.1 Å². The van der Waals surface area contributed by atoms with Crippen molar-refractivity contribution in [1.82, 2.24) is 9.97 Å². The minimum Gasteiger partial charge on any atom is -0.409 e. The van der Waals surface area contributed by atoms with Crippen LogP contribution >= 0.6 is 11.8 Å². The van der Waals surface area contributed by atoms with E-state index < -0.39 is 0 Å². The molecule has 0 atom stereocenters. The lowest BCUT2D eigenvalue weighted by Crippen LogP contribution is -2.14. The predicted octanol–water partition coefficient (Wildman–Crippen LogP) is 1.32. The van der Waals surface area contributed by atoms with Crippen LogP contribution in [-0.4, -0.2) is 21.0 Å². The maximum atomic E-state index is 11.2. The molecule has 2 rings (SSSR count). The number of hydrogen-bond donors (Lipinski definition) is 3. The van der Waals surface area contributed by atoms with Gasteiger partial charge in [-0.25, -0.2) is 4.98 Å². The Kier molecular flexibility index (Phi) is 3.86. The quantitative estimate of drug-likeness (QED) is 0.258. The third kappa shape index (κ3) is 3.14. The fourth-order valence-electron chi connectivity index (χ4n) is 1.56. The highest BCUT2D eigenvalue weighted by Crippen LogP contribution is 2.25. The summed E-state index contributed by atoms with van der Waals surface area (Å²) in [6.45, 7) is 1.86. The first kappa shape index (κ1) is 13.2. The molecule has 19 heavy (non-hydrogen) atoms. The molecule has 0 bridgehead atoms. The molecule has 0 unspecified atom stereocenters. The van der Waals surface area contributed by atoms with Gasteiger partial charge in [0.1, 0.15) is 0 Å². The van der Waals surface area contributed by atoms with Gasteiger partial charge in [-0.1, -0.05) is 16.9 Å². The molecule has 0 radical (unpaired) electrons. The van der Waals surface area contributed by atoms with Gasteiger partial charge < -0.3 is 15.9 Å². The average molecular weight is 276 g/mol. The summed E-state index contributed by atoms with van der Waals surface area (Å²) < 4.78 is 0. The molecule has 1 heterocycles. The fourth-order valence-corrected chi connectivity index (χ4v) is 2.42. The second kappa shape index (κ2) is 5.57. The van der Waals surface area contributed by atoms with Crippen LogP contribution in [0.3, 0.4) is 0 Å². The Morgan fingerprint density at radius 2 is 2.26 bits per heavy atom. The van der Waals surface area contributed by atoms with Crippen molar-refractivity contribution in [2.45, 2.75) is 17.0 Å². The van der Waals surface area contributed by atoms with Crippen molar-refractivity contribution in [3.05, 3.63) is 51.9 Å². The van der Waals surface area contributed by atoms with Gasteiger partial charge in [-0.05, 0) is 30.7 Å². The number of nitrogens with one attached hydrogen (secondary N) is 1. The summed E-state index contributed by atoms with van der Waals surface area (Å²) in [7, 11) is 0. The highest BCUT2D eigenvalue weighted by Gasteiger charge is 2.06. The molecule has 1 aromatic carbocycles. The number of nitrogens with two attached hydrogens (primary N) is 1. The van der Waals surface area contributed by atoms with Crippen LogP contribution in [0.25, 0.3) is 0 Å². The zero-order chi connectivity index (χ0) is 13.8. The Bertz CT molecular complexity index is 681. The number of benzene rings is 1. The molecule has 0 aliphatic carbocycles. The maximum Gasteiger partial charge on any atom is 0.251 e. The van der Waals surface area contributed by atoms with Crippen LogP contribution in [0, 0.1) is 6.92 Å². The van der Waals surface area contributed by atoms with Gasteiger partial charge in [0.15, 0.2) is 11.0 Å². The Hall–Kier alpha value is -2.28. The SMILES string of the molecule is Cc1cc(Sc2nccc(=O)[nH]2)ccc1/C(N)=N/O. The van der Waals surface area contributed by atoms with Gasteiger partial charge in [0.25, 0.3) is 5.56 Å². The fraction of sp³-hybridized carbons (Fsp3) is 0.0833. The van der Waals surface area contributed by atoms with Gasteiger partial charge in [-0.2, -0.15) is 0 Å². The van der Waals surface area contributed by atoms with Crippen molar-refractivity contribution in [3.8, 4) is 0 Å². The maximum absolute atomic E-state index is 11.2. The number of amidine groups is 1. The third-order valence-electron chi connectivity index (χ3n) is 2.44. The van der Waals surface area contributed by atoms with Crippen LogP contribution in [0.15, 0.2) is 50.5 Å². The largest absolute Gasteiger partial charge is 0.409 e. The molecule has 4 N–H and O–H groups in total. The van der Waals surface area contributed by atoms with E-state index >= 15 is 0 Å². The Morgan fingerprint density at radius 1 is 1.47 bits per heavy atom. The molecular formula is C12H12N4O2S. The van der Waals surface area contributed by atoms with Crippen molar-refractivity contribution in [3.63, 3.8) is 0 Å². The molecule has 0 spiro atoms. The number of oxime groups is 1. The summed E-state index contributed by atoms with van der Waals surface area (Å²) in [4.78, 5) is 18.8. The number of hydrogen-bond acceptors (Lipinski definition) is 5. The predicted molar refractivity (Wildman–Crippen MR) is 72.7 cm³/mol. The standard InChI is InChI=1S/C12H12N4O2S/c1-7-6-8(2-3-9(7)11(13)16-18)19-12-14-5-4-10(17)15-12/h2-6,18H,1H3,(H2,13,16)(H,14,15,17). The van der Waals surface area contributed by atoms with E-state index in [4.69, 9.17) is 10.9 Å². The van der Waals surface area contributed by atoms with Gasteiger partial charge in [0.05, 0.1) is 0 Å². The molecule has 0 amide bonds. The Balaban J connectivity index is 2.28. The van der Waals surface area contributed by atoms with Gasteiger partial charge in [-0.3, -0.25) is 4.79 Å². The number of aryl methyl sites for hydroxylation is 1. The van der Waals surface area contributed by atoms with Crippen LogP contribution in [-0.2, 0) is 0 Å². The number of nitrogens with zero attached hydrogens (tertiary/aromatic N) is 2. The lowest BCUT2D eigenvalue weighted by Gasteiger charge is -2.06. The van der Waals surface area contributed by atoms with Crippen LogP contribution in [0.2, 0.25) is 0 Å². The van der Waals surface area contributed by atoms with Crippen LogP contribution < -0.4 is 11.3 Å². The lowest BCUT2D eigenvalue weighted by molar-refractivity contribution is 0.318. The molecule has 0 saturated heterocycles. The number of rotatable bonds is 3. The monoisotopic (exact) mass is 276 g/mol. The molecule has 98 valence electrons. The molecule has 1 aromatic heterocycles. The summed E-state index contributed by atoms with van der Waals surface area (Å²) in [5, 5.41) is 12.1. The molecule has 2 aromatic rings. The zero-order valence-corrected chi connectivity index (χ0v) is 10.9. The molecule has 6 nitrogen and oxygen atoms in total. The highest BCUT2D eigenvalue weighted by atomic mass is 32.2. The van der Waals surface area contributed by atoms with Crippen LogP contribution in [0.4, 0.5) is 0 Å². The molecule has 7 heteroatoms. The first-order chi connectivity index (χ1) is 9.10. The van der Waals surface area contributed by atoms with E-state index in [-0.39, 0.29) is 11.4 Å². The summed E-state index contributed by atoms with van der Waals surface area (Å²) in [5.41, 5.74) is 6.90. The number of H-pyrrole nitrogens is 1. The molecule has 0 aliphatic rings. The highest BCUT2D eigenvalue weighted by molar-refractivity contribution is 7.99. The molecular weight excluding hydrogens is 264 g/mol. The van der Waals surface area contributed by atoms with Crippen molar-refractivity contribution in [2.75, 3.05) is 0 Å². The van der Waals surface area contributed by atoms with E-state index in [9.17, 15) is 4.79 Å². The van der Waals surface area contributed by atoms with E-state index in [1.807, 2.05) is 19.1 Å². The summed E-state index contributed by atoms with van der Waals surface area (Å²) in [6, 6.07) is 6.81. The zero-order valence-electron chi connectivity index (χ0n) is 10.1. The topological polar surface area (TPSA) is 104 Å².